The summed E-state index contributed by atoms with van der Waals surface area (Å²) in [5.41, 5.74) is 2.83. The van der Waals surface area contributed by atoms with Crippen molar-refractivity contribution in [2.75, 3.05) is 0 Å². The molecule has 0 aliphatic rings. The van der Waals surface area contributed by atoms with Gasteiger partial charge in [-0.15, -0.1) is 0 Å². The number of hydrogen-bond acceptors (Lipinski definition) is 3. The lowest BCUT2D eigenvalue weighted by molar-refractivity contribution is 0.297. The number of nitrogens with zero attached hydrogens (tertiary/aromatic N) is 2. The zero-order valence-corrected chi connectivity index (χ0v) is 13.7. The molecule has 0 saturated heterocycles. The Bertz CT molecular complexity index is 843. The van der Waals surface area contributed by atoms with E-state index in [1.807, 2.05) is 66.2 Å². The third-order valence-corrected chi connectivity index (χ3v) is 3.95. The first-order valence-corrected chi connectivity index (χ1v) is 8.01. The summed E-state index contributed by atoms with van der Waals surface area (Å²) in [6.07, 6.45) is 4.42. The number of hydrogen-bond donors (Lipinski definition) is 0. The van der Waals surface area contributed by atoms with Crippen molar-refractivity contribution in [3.8, 4) is 5.75 Å². The maximum Gasteiger partial charge on any atom is 0.223 e. The summed E-state index contributed by atoms with van der Waals surface area (Å²) in [6.45, 7) is 3.06. The standard InChI is InChI=1S/C20H20N2O2/c1-16-20(24-15-17-7-3-2-4-8-17)19(23)11-14-22(16)13-10-18-9-5-6-12-21-18/h2-9,11-12,14H,10,13,15H2,1H3. The van der Waals surface area contributed by atoms with Gasteiger partial charge in [0.05, 0.1) is 5.69 Å². The van der Waals surface area contributed by atoms with Gasteiger partial charge in [0.2, 0.25) is 5.43 Å². The van der Waals surface area contributed by atoms with Crippen LogP contribution in [0.15, 0.2) is 71.8 Å². The number of pyridine rings is 2. The number of benzene rings is 1. The third-order valence-electron chi connectivity index (χ3n) is 3.95. The van der Waals surface area contributed by atoms with Crippen molar-refractivity contribution in [3.63, 3.8) is 0 Å². The van der Waals surface area contributed by atoms with Crippen molar-refractivity contribution in [1.82, 2.24) is 9.55 Å². The molecular weight excluding hydrogens is 300 g/mol. The number of rotatable bonds is 6. The second-order valence-electron chi connectivity index (χ2n) is 5.63. The first-order valence-electron chi connectivity index (χ1n) is 8.01. The average Bonchev–Trinajstić information content (AvgIpc) is 2.63. The second kappa shape index (κ2) is 7.59. The van der Waals surface area contributed by atoms with E-state index in [9.17, 15) is 4.79 Å². The molecule has 4 heteroatoms. The van der Waals surface area contributed by atoms with E-state index in [0.29, 0.717) is 12.4 Å². The molecule has 4 nitrogen and oxygen atoms in total. The lowest BCUT2D eigenvalue weighted by Crippen LogP contribution is -2.15. The predicted molar refractivity (Wildman–Crippen MR) is 94.2 cm³/mol. The maximum absolute atomic E-state index is 12.1. The van der Waals surface area contributed by atoms with Crippen molar-refractivity contribution in [1.29, 1.82) is 0 Å². The van der Waals surface area contributed by atoms with Gasteiger partial charge in [0.15, 0.2) is 5.75 Å². The van der Waals surface area contributed by atoms with E-state index in [1.165, 1.54) is 0 Å². The minimum atomic E-state index is -0.0856. The van der Waals surface area contributed by atoms with Crippen LogP contribution in [0.3, 0.4) is 0 Å². The minimum absolute atomic E-state index is 0.0856. The Kier molecular flexibility index (Phi) is 5.06. The highest BCUT2D eigenvalue weighted by molar-refractivity contribution is 5.28. The zero-order chi connectivity index (χ0) is 16.8. The van der Waals surface area contributed by atoms with E-state index in [2.05, 4.69) is 4.98 Å². The predicted octanol–water partition coefficient (Wildman–Crippen LogP) is 3.37. The Hall–Kier alpha value is -2.88. The molecule has 0 bridgehead atoms. The largest absolute Gasteiger partial charge is 0.483 e. The molecule has 0 N–H and O–H groups in total. The summed E-state index contributed by atoms with van der Waals surface area (Å²) in [5, 5.41) is 0. The van der Waals surface area contributed by atoms with Crippen molar-refractivity contribution in [2.45, 2.75) is 26.5 Å². The molecule has 3 rings (SSSR count). The van der Waals surface area contributed by atoms with E-state index >= 15 is 0 Å². The molecule has 2 aromatic heterocycles. The Labute approximate surface area is 141 Å². The van der Waals surface area contributed by atoms with E-state index < -0.39 is 0 Å². The molecule has 2 heterocycles. The molecule has 122 valence electrons. The molecule has 0 spiro atoms. The molecule has 0 saturated carbocycles. The van der Waals surface area contributed by atoms with Crippen molar-refractivity contribution in [3.05, 3.63) is 94.2 Å². The summed E-state index contributed by atoms with van der Waals surface area (Å²) < 4.78 is 7.84. The molecule has 1 aromatic carbocycles. The van der Waals surface area contributed by atoms with Gasteiger partial charge in [0.1, 0.15) is 6.61 Å². The van der Waals surface area contributed by atoms with Gasteiger partial charge in [-0.2, -0.15) is 0 Å². The molecule has 24 heavy (non-hydrogen) atoms. The molecule has 0 aliphatic carbocycles. The highest BCUT2D eigenvalue weighted by Crippen LogP contribution is 2.14. The van der Waals surface area contributed by atoms with Crippen LogP contribution in [0.5, 0.6) is 5.75 Å². The fraction of sp³-hybridized carbons (Fsp3) is 0.200. The Morgan fingerprint density at radius 1 is 1.04 bits per heavy atom. The second-order valence-corrected chi connectivity index (χ2v) is 5.63. The lowest BCUT2D eigenvalue weighted by atomic mass is 10.2. The maximum atomic E-state index is 12.1. The van der Waals surface area contributed by atoms with Crippen LogP contribution >= 0.6 is 0 Å². The summed E-state index contributed by atoms with van der Waals surface area (Å²) >= 11 is 0. The summed E-state index contributed by atoms with van der Waals surface area (Å²) in [5.74, 6) is 0.419. The van der Waals surface area contributed by atoms with Gasteiger partial charge in [-0.3, -0.25) is 9.78 Å². The van der Waals surface area contributed by atoms with Crippen LogP contribution in [-0.2, 0) is 19.6 Å². The van der Waals surface area contributed by atoms with Gasteiger partial charge in [-0.05, 0) is 24.6 Å². The molecule has 3 aromatic rings. The van der Waals surface area contributed by atoms with Crippen LogP contribution < -0.4 is 10.2 Å². The number of ether oxygens (including phenoxy) is 1. The number of aryl methyl sites for hydroxylation is 2. The van der Waals surface area contributed by atoms with Crippen LogP contribution in [-0.4, -0.2) is 9.55 Å². The van der Waals surface area contributed by atoms with Crippen molar-refractivity contribution in [2.24, 2.45) is 0 Å². The molecule has 0 aliphatic heterocycles. The molecule has 0 radical (unpaired) electrons. The summed E-state index contributed by atoms with van der Waals surface area (Å²) in [7, 11) is 0. The topological polar surface area (TPSA) is 44.1 Å². The Morgan fingerprint density at radius 2 is 1.83 bits per heavy atom. The average molecular weight is 320 g/mol. The first-order chi connectivity index (χ1) is 11.7. The SMILES string of the molecule is Cc1c(OCc2ccccc2)c(=O)ccn1CCc1ccccn1. The monoisotopic (exact) mass is 320 g/mol. The van der Waals surface area contributed by atoms with Gasteiger partial charge in [-0.25, -0.2) is 0 Å². The minimum Gasteiger partial charge on any atom is -0.483 e. The van der Waals surface area contributed by atoms with E-state index in [4.69, 9.17) is 4.74 Å². The van der Waals surface area contributed by atoms with Crippen LogP contribution in [0.1, 0.15) is 17.0 Å². The molecule has 0 fully saturated rings. The molecular formula is C20H20N2O2. The highest BCUT2D eigenvalue weighted by atomic mass is 16.5. The molecule has 0 unspecified atom stereocenters. The fourth-order valence-electron chi connectivity index (χ4n) is 2.58. The first kappa shape index (κ1) is 16.0. The Balaban J connectivity index is 1.73. The quantitative estimate of drug-likeness (QED) is 0.699. The molecule has 0 amide bonds. The third kappa shape index (κ3) is 3.90. The van der Waals surface area contributed by atoms with E-state index in [0.717, 1.165) is 29.9 Å². The van der Waals surface area contributed by atoms with Gasteiger partial charge >= 0.3 is 0 Å². The van der Waals surface area contributed by atoms with Gasteiger partial charge in [-0.1, -0.05) is 36.4 Å². The van der Waals surface area contributed by atoms with Crippen LogP contribution in [0, 0.1) is 6.92 Å². The normalized spacial score (nSPS) is 10.5. The van der Waals surface area contributed by atoms with E-state index in [1.54, 1.807) is 12.3 Å². The summed E-state index contributed by atoms with van der Waals surface area (Å²) in [6, 6.07) is 17.3. The van der Waals surface area contributed by atoms with Gasteiger partial charge in [0, 0.05) is 37.1 Å². The smallest absolute Gasteiger partial charge is 0.223 e. The Morgan fingerprint density at radius 3 is 2.58 bits per heavy atom. The number of aromatic nitrogens is 2. The van der Waals surface area contributed by atoms with Crippen LogP contribution in [0.25, 0.3) is 0 Å². The summed E-state index contributed by atoms with van der Waals surface area (Å²) in [4.78, 5) is 16.5. The van der Waals surface area contributed by atoms with Gasteiger partial charge in [0.25, 0.3) is 0 Å². The van der Waals surface area contributed by atoms with Gasteiger partial charge < -0.3 is 9.30 Å². The van der Waals surface area contributed by atoms with Crippen LogP contribution in [0.2, 0.25) is 0 Å². The highest BCUT2D eigenvalue weighted by Gasteiger charge is 2.09. The van der Waals surface area contributed by atoms with Crippen molar-refractivity contribution < 1.29 is 4.74 Å². The fourth-order valence-corrected chi connectivity index (χ4v) is 2.58. The molecule has 0 atom stereocenters. The zero-order valence-electron chi connectivity index (χ0n) is 13.7. The van der Waals surface area contributed by atoms with Crippen LogP contribution in [0.4, 0.5) is 0 Å². The van der Waals surface area contributed by atoms with Crippen molar-refractivity contribution >= 4 is 0 Å². The van der Waals surface area contributed by atoms with E-state index in [-0.39, 0.29) is 5.43 Å². The lowest BCUT2D eigenvalue weighted by Gasteiger charge is -2.15.